The molecule has 3 amide bonds. The van der Waals surface area contributed by atoms with Gasteiger partial charge >= 0.3 is 0 Å². The first-order chi connectivity index (χ1) is 19.7. The largest absolute Gasteiger partial charge is 0.495 e. The number of hydrogen-bond donors (Lipinski definition) is 2. The highest BCUT2D eigenvalue weighted by Gasteiger charge is 2.40. The molecule has 1 heterocycles. The van der Waals surface area contributed by atoms with Crippen LogP contribution < -0.4 is 20.3 Å². The lowest BCUT2D eigenvalue weighted by molar-refractivity contribution is -0.120. The number of ether oxygens (including phenoxy) is 1. The predicted octanol–water partition coefficient (Wildman–Crippen LogP) is 6.69. The number of anilines is 3. The van der Waals surface area contributed by atoms with E-state index in [0.29, 0.717) is 33.3 Å². The summed E-state index contributed by atoms with van der Waals surface area (Å²) in [4.78, 5) is 41.9. The summed E-state index contributed by atoms with van der Waals surface area (Å²) in [6, 6.07) is 24.8. The van der Waals surface area contributed by atoms with Gasteiger partial charge in [0.25, 0.3) is 17.7 Å². The van der Waals surface area contributed by atoms with Crippen molar-refractivity contribution in [3.8, 4) is 5.75 Å². The number of imide groups is 1. The van der Waals surface area contributed by atoms with Gasteiger partial charge in [0, 0.05) is 16.1 Å². The summed E-state index contributed by atoms with van der Waals surface area (Å²) in [5.41, 5.74) is 3.97. The van der Waals surface area contributed by atoms with Gasteiger partial charge < -0.3 is 15.4 Å². The summed E-state index contributed by atoms with van der Waals surface area (Å²) >= 11 is 1.15. The highest BCUT2D eigenvalue weighted by Crippen LogP contribution is 2.39. The number of nitrogens with one attached hydrogen (secondary N) is 2. The van der Waals surface area contributed by atoms with Gasteiger partial charge in [0.05, 0.1) is 18.5 Å². The Morgan fingerprint density at radius 3 is 2.15 bits per heavy atom. The minimum absolute atomic E-state index is 0.137. The van der Waals surface area contributed by atoms with Gasteiger partial charge in [-0.25, -0.2) is 9.29 Å². The Morgan fingerprint density at radius 1 is 0.829 bits per heavy atom. The van der Waals surface area contributed by atoms with Crippen LogP contribution in [-0.4, -0.2) is 24.8 Å². The van der Waals surface area contributed by atoms with Crippen molar-refractivity contribution < 1.29 is 23.5 Å². The number of carbonyl (C=O) groups is 3. The molecular formula is C32H26FN3O4S. The van der Waals surface area contributed by atoms with E-state index in [1.165, 1.54) is 31.4 Å². The van der Waals surface area contributed by atoms with E-state index in [1.54, 1.807) is 42.5 Å². The van der Waals surface area contributed by atoms with Crippen LogP contribution in [-0.2, 0) is 9.59 Å². The summed E-state index contributed by atoms with van der Waals surface area (Å²) in [7, 11) is 1.54. The van der Waals surface area contributed by atoms with E-state index >= 15 is 0 Å². The highest BCUT2D eigenvalue weighted by atomic mass is 32.2. The number of rotatable bonds is 8. The smallest absolute Gasteiger partial charge is 0.283 e. The maximum atomic E-state index is 13.7. The van der Waals surface area contributed by atoms with Gasteiger partial charge in [0.1, 0.15) is 22.2 Å². The molecule has 0 fully saturated rings. The molecular weight excluding hydrogens is 541 g/mol. The van der Waals surface area contributed by atoms with Crippen molar-refractivity contribution in [2.75, 3.05) is 22.6 Å². The topological polar surface area (TPSA) is 87.7 Å². The zero-order chi connectivity index (χ0) is 29.1. The Labute approximate surface area is 241 Å². The number of halogens is 1. The van der Waals surface area contributed by atoms with Gasteiger partial charge in [-0.15, -0.1) is 0 Å². The molecule has 0 radical (unpaired) electrons. The lowest BCUT2D eigenvalue weighted by Crippen LogP contribution is -2.32. The van der Waals surface area contributed by atoms with E-state index in [9.17, 15) is 18.8 Å². The molecule has 0 aromatic heterocycles. The van der Waals surface area contributed by atoms with Gasteiger partial charge in [-0.1, -0.05) is 35.5 Å². The zero-order valence-electron chi connectivity index (χ0n) is 22.5. The number of carbonyl (C=O) groups excluding carboxylic acids is 3. The number of thioether (sulfide) groups is 1. The molecule has 4 aromatic carbocycles. The summed E-state index contributed by atoms with van der Waals surface area (Å²) in [6.45, 7) is 3.85. The minimum atomic E-state index is -0.479. The Hall–Kier alpha value is -4.89. The number of hydrogen-bond acceptors (Lipinski definition) is 6. The van der Waals surface area contributed by atoms with Crippen molar-refractivity contribution in [3.05, 3.63) is 124 Å². The van der Waals surface area contributed by atoms with Crippen LogP contribution in [0.1, 0.15) is 21.5 Å². The fourth-order valence-electron chi connectivity index (χ4n) is 4.23. The third kappa shape index (κ3) is 6.00. The van der Waals surface area contributed by atoms with Gasteiger partial charge in [-0.3, -0.25) is 14.4 Å². The molecule has 0 aliphatic carbocycles. The first-order valence-corrected chi connectivity index (χ1v) is 13.5. The third-order valence-electron chi connectivity index (χ3n) is 6.39. The first kappa shape index (κ1) is 27.7. The van der Waals surface area contributed by atoms with E-state index in [-0.39, 0.29) is 16.5 Å². The van der Waals surface area contributed by atoms with Crippen LogP contribution in [0.4, 0.5) is 21.5 Å². The van der Waals surface area contributed by atoms with Crippen molar-refractivity contribution in [2.24, 2.45) is 0 Å². The molecule has 0 saturated carbocycles. The standard InChI is InChI=1S/C32H26FN3O4S/c1-19-4-13-24(14-5-19)36-31(38)28(35-26-18-20(2)6-17-27(26)40-3)29(32(36)39)41-25-15-11-23(12-16-25)34-30(37)21-7-9-22(33)10-8-21/h4-18,35H,1-3H3,(H,34,37). The highest BCUT2D eigenvalue weighted by molar-refractivity contribution is 8.04. The molecule has 4 aromatic rings. The van der Waals surface area contributed by atoms with Crippen molar-refractivity contribution in [3.63, 3.8) is 0 Å². The minimum Gasteiger partial charge on any atom is -0.495 e. The van der Waals surface area contributed by atoms with Crippen molar-refractivity contribution >= 4 is 46.5 Å². The van der Waals surface area contributed by atoms with Crippen molar-refractivity contribution in [1.29, 1.82) is 0 Å². The number of methoxy groups -OCH3 is 1. The van der Waals surface area contributed by atoms with Gasteiger partial charge in [-0.2, -0.15) is 0 Å². The normalized spacial score (nSPS) is 13.0. The van der Waals surface area contributed by atoms with Crippen LogP contribution >= 0.6 is 11.8 Å². The van der Waals surface area contributed by atoms with Crippen LogP contribution in [0.15, 0.2) is 106 Å². The fourth-order valence-corrected chi connectivity index (χ4v) is 5.15. The van der Waals surface area contributed by atoms with Crippen LogP contribution in [0.3, 0.4) is 0 Å². The summed E-state index contributed by atoms with van der Waals surface area (Å²) in [5, 5.41) is 5.93. The molecule has 1 aliphatic heterocycles. The Balaban J connectivity index is 1.44. The quantitative estimate of drug-likeness (QED) is 0.231. The molecule has 2 N–H and O–H groups in total. The number of amides is 3. The SMILES string of the molecule is COc1ccc(C)cc1NC1=C(Sc2ccc(NC(=O)c3ccc(F)cc3)cc2)C(=O)N(c2ccc(C)cc2)C1=O. The van der Waals surface area contributed by atoms with Crippen LogP contribution in [0.25, 0.3) is 0 Å². The number of aryl methyl sites for hydroxylation is 2. The maximum Gasteiger partial charge on any atom is 0.283 e. The average molecular weight is 568 g/mol. The molecule has 1 aliphatic rings. The van der Waals surface area contributed by atoms with Crippen LogP contribution in [0.2, 0.25) is 0 Å². The molecule has 0 spiro atoms. The molecule has 206 valence electrons. The molecule has 7 nitrogen and oxygen atoms in total. The van der Waals surface area contributed by atoms with Gasteiger partial charge in [0.2, 0.25) is 0 Å². The van der Waals surface area contributed by atoms with E-state index in [2.05, 4.69) is 10.6 Å². The third-order valence-corrected chi connectivity index (χ3v) is 7.48. The Kier molecular flexibility index (Phi) is 7.89. The van der Waals surface area contributed by atoms with Gasteiger partial charge in [-0.05, 0) is 92.2 Å². The second kappa shape index (κ2) is 11.7. The molecule has 5 rings (SSSR count). The molecule has 0 unspecified atom stereocenters. The molecule has 0 atom stereocenters. The summed E-state index contributed by atoms with van der Waals surface area (Å²) in [5.74, 6) is -1.20. The van der Waals surface area contributed by atoms with E-state index in [0.717, 1.165) is 27.8 Å². The fraction of sp³-hybridized carbons (Fsp3) is 0.0938. The second-order valence-corrected chi connectivity index (χ2v) is 10.5. The monoisotopic (exact) mass is 567 g/mol. The Morgan fingerprint density at radius 2 is 1.49 bits per heavy atom. The van der Waals surface area contributed by atoms with Gasteiger partial charge in [0.15, 0.2) is 0 Å². The molecule has 41 heavy (non-hydrogen) atoms. The second-order valence-electron chi connectivity index (χ2n) is 9.40. The van der Waals surface area contributed by atoms with Crippen molar-refractivity contribution in [2.45, 2.75) is 18.7 Å². The lowest BCUT2D eigenvalue weighted by Gasteiger charge is -2.16. The van der Waals surface area contributed by atoms with Crippen LogP contribution in [0.5, 0.6) is 5.75 Å². The predicted molar refractivity (Wildman–Crippen MR) is 159 cm³/mol. The summed E-state index contributed by atoms with van der Waals surface area (Å²) in [6.07, 6.45) is 0. The zero-order valence-corrected chi connectivity index (χ0v) is 23.3. The van der Waals surface area contributed by atoms with Crippen molar-refractivity contribution in [1.82, 2.24) is 0 Å². The summed E-state index contributed by atoms with van der Waals surface area (Å²) < 4.78 is 18.7. The average Bonchev–Trinajstić information content (AvgIpc) is 3.19. The Bertz CT molecular complexity index is 1670. The molecule has 0 saturated heterocycles. The van der Waals surface area contributed by atoms with E-state index in [1.807, 2.05) is 38.1 Å². The number of benzene rings is 4. The van der Waals surface area contributed by atoms with Crippen LogP contribution in [0, 0.1) is 19.7 Å². The lowest BCUT2D eigenvalue weighted by atomic mass is 10.2. The maximum absolute atomic E-state index is 13.7. The van der Waals surface area contributed by atoms with E-state index < -0.39 is 17.6 Å². The molecule has 9 heteroatoms. The van der Waals surface area contributed by atoms with E-state index in [4.69, 9.17) is 4.74 Å². The first-order valence-electron chi connectivity index (χ1n) is 12.7. The number of nitrogens with zero attached hydrogens (tertiary/aromatic N) is 1. The molecule has 0 bridgehead atoms.